The minimum atomic E-state index is -3.65. The fourth-order valence-corrected chi connectivity index (χ4v) is 9.02. The van der Waals surface area contributed by atoms with Gasteiger partial charge in [0, 0.05) is 44.8 Å². The Balaban J connectivity index is 1.35. The third-order valence-corrected chi connectivity index (χ3v) is 10.9. The monoisotopic (exact) mass is 499 g/mol. The van der Waals surface area contributed by atoms with E-state index >= 15 is 0 Å². The van der Waals surface area contributed by atoms with Crippen LogP contribution in [-0.4, -0.2) is 98.9 Å². The molecule has 4 heterocycles. The minimum Gasteiger partial charge on any atom is -0.304 e. The summed E-state index contributed by atoms with van der Waals surface area (Å²) in [5.74, 6) is 0.838. The first kappa shape index (κ1) is 25.2. The van der Waals surface area contributed by atoms with Crippen LogP contribution in [0.3, 0.4) is 0 Å². The average Bonchev–Trinajstić information content (AvgIpc) is 2.88. The predicted molar refractivity (Wildman–Crippen MR) is 137 cm³/mol. The summed E-state index contributed by atoms with van der Waals surface area (Å²) in [4.78, 5) is 7.90. The van der Waals surface area contributed by atoms with Gasteiger partial charge in [0.25, 0.3) is 0 Å². The highest BCUT2D eigenvalue weighted by molar-refractivity contribution is 7.89. The van der Waals surface area contributed by atoms with Crippen molar-refractivity contribution < 1.29 is 8.42 Å². The van der Waals surface area contributed by atoms with Crippen LogP contribution in [0.15, 0.2) is 29.2 Å². The summed E-state index contributed by atoms with van der Waals surface area (Å²) in [7, 11) is -1.46. The van der Waals surface area contributed by atoms with Crippen molar-refractivity contribution in [1.29, 1.82) is 5.26 Å². The van der Waals surface area contributed by atoms with Crippen molar-refractivity contribution in [1.82, 2.24) is 19.0 Å². The molecule has 0 spiro atoms. The van der Waals surface area contributed by atoms with E-state index in [-0.39, 0.29) is 10.9 Å². The second-order valence-corrected chi connectivity index (χ2v) is 13.0. The number of hydrogen-bond acceptors (Lipinski definition) is 6. The van der Waals surface area contributed by atoms with Crippen molar-refractivity contribution in [3.05, 3.63) is 29.8 Å². The summed E-state index contributed by atoms with van der Waals surface area (Å²) < 4.78 is 29.9. The number of benzene rings is 1. The number of likely N-dealkylation sites (N-methyl/N-ethyl adjacent to an activating group) is 1. The zero-order valence-electron chi connectivity index (χ0n) is 21.2. The first-order chi connectivity index (χ1) is 17.0. The van der Waals surface area contributed by atoms with Gasteiger partial charge in [0.05, 0.1) is 16.5 Å². The van der Waals surface area contributed by atoms with E-state index in [2.05, 4.69) is 27.8 Å². The molecule has 0 N–H and O–H groups in total. The minimum absolute atomic E-state index is 0.0559. The topological polar surface area (TPSA) is 70.9 Å². The maximum atomic E-state index is 14.0. The number of unbranched alkanes of at least 4 members (excludes halogenated alkanes) is 1. The van der Waals surface area contributed by atoms with Crippen LogP contribution in [0.5, 0.6) is 0 Å². The highest BCUT2D eigenvalue weighted by atomic mass is 32.2. The predicted octanol–water partition coefficient (Wildman–Crippen LogP) is 2.84. The van der Waals surface area contributed by atoms with E-state index in [9.17, 15) is 13.7 Å². The molecule has 1 aromatic carbocycles. The molecular formula is C27H41N5O2S. The fraction of sp³-hybridized carbons (Fsp3) is 0.741. The SMILES string of the molecule is CN1CCN(CCCC[C@@H]2[C@H]3CCCN4CCC[C@@H](CN2S(=O)(=O)c2cccc(C#N)c2)[C@@H]34)CC1. The molecule has 4 aliphatic heterocycles. The zero-order chi connectivity index (χ0) is 24.4. The van der Waals surface area contributed by atoms with Crippen LogP contribution < -0.4 is 0 Å². The van der Waals surface area contributed by atoms with Gasteiger partial charge in [-0.2, -0.15) is 9.57 Å². The zero-order valence-corrected chi connectivity index (χ0v) is 22.0. The standard InChI is InChI=1S/C27H41N5O2S/c1-29-15-17-30(18-16-29)12-3-2-11-26-25-10-6-14-31-13-5-8-23(27(25)31)21-32(26)35(33,34)24-9-4-7-22(19-24)20-28/h4,7,9,19,23,25-27H,2-3,5-6,8,10-18,21H2,1H3/t23-,25+,26+,27-/m0/s1. The fourth-order valence-electron chi connectivity index (χ4n) is 7.21. The maximum Gasteiger partial charge on any atom is 0.243 e. The van der Waals surface area contributed by atoms with Gasteiger partial charge in [-0.1, -0.05) is 12.5 Å². The lowest BCUT2D eigenvalue weighted by atomic mass is 9.70. The third-order valence-electron chi connectivity index (χ3n) is 9.01. The van der Waals surface area contributed by atoms with Crippen molar-refractivity contribution in [2.75, 3.05) is 59.4 Å². The van der Waals surface area contributed by atoms with Gasteiger partial charge in [-0.25, -0.2) is 8.42 Å². The van der Waals surface area contributed by atoms with Crippen molar-refractivity contribution >= 4 is 10.0 Å². The number of rotatable bonds is 7. The van der Waals surface area contributed by atoms with Crippen molar-refractivity contribution in [3.8, 4) is 6.07 Å². The van der Waals surface area contributed by atoms with Crippen LogP contribution in [0.2, 0.25) is 0 Å². The van der Waals surface area contributed by atoms with E-state index < -0.39 is 10.0 Å². The number of nitrogens with zero attached hydrogens (tertiary/aromatic N) is 5. The molecule has 35 heavy (non-hydrogen) atoms. The Bertz CT molecular complexity index is 1010. The van der Waals surface area contributed by atoms with Crippen LogP contribution in [0.25, 0.3) is 0 Å². The molecule has 0 radical (unpaired) electrons. The average molecular weight is 500 g/mol. The Morgan fingerprint density at radius 1 is 1.03 bits per heavy atom. The quantitative estimate of drug-likeness (QED) is 0.538. The van der Waals surface area contributed by atoms with Gasteiger partial charge in [-0.15, -0.1) is 0 Å². The van der Waals surface area contributed by atoms with Crippen molar-refractivity contribution in [3.63, 3.8) is 0 Å². The van der Waals surface area contributed by atoms with Gasteiger partial charge in [-0.05, 0) is 95.2 Å². The number of nitriles is 1. The summed E-state index contributed by atoms with van der Waals surface area (Å²) in [5.41, 5.74) is 0.409. The molecule has 4 atom stereocenters. The Hall–Kier alpha value is -1.50. The molecule has 0 aromatic heterocycles. The first-order valence-electron chi connectivity index (χ1n) is 13.6. The van der Waals surface area contributed by atoms with Crippen molar-refractivity contribution in [2.24, 2.45) is 11.8 Å². The Labute approximate surface area is 211 Å². The van der Waals surface area contributed by atoms with Crippen LogP contribution >= 0.6 is 0 Å². The second-order valence-electron chi connectivity index (χ2n) is 11.2. The van der Waals surface area contributed by atoms with Gasteiger partial charge in [0.1, 0.15) is 0 Å². The molecule has 1 aromatic rings. The van der Waals surface area contributed by atoms with Crippen LogP contribution in [-0.2, 0) is 10.0 Å². The number of piperazine rings is 1. The highest BCUT2D eigenvalue weighted by Crippen LogP contribution is 2.45. The van der Waals surface area contributed by atoms with Crippen LogP contribution in [0.4, 0.5) is 0 Å². The molecule has 0 bridgehead atoms. The number of sulfonamides is 1. The van der Waals surface area contributed by atoms with Gasteiger partial charge >= 0.3 is 0 Å². The molecule has 0 unspecified atom stereocenters. The maximum absolute atomic E-state index is 14.0. The molecular weight excluding hydrogens is 458 g/mol. The van der Waals surface area contributed by atoms with Gasteiger partial charge in [-0.3, -0.25) is 4.90 Å². The Morgan fingerprint density at radius 2 is 1.80 bits per heavy atom. The normalized spacial score (nSPS) is 31.1. The van der Waals surface area contributed by atoms with Gasteiger partial charge in [0.15, 0.2) is 0 Å². The molecule has 0 aliphatic carbocycles. The van der Waals surface area contributed by atoms with Crippen molar-refractivity contribution in [2.45, 2.75) is 61.9 Å². The van der Waals surface area contributed by atoms with E-state index in [0.717, 1.165) is 64.8 Å². The van der Waals surface area contributed by atoms with E-state index in [1.807, 2.05) is 4.31 Å². The Morgan fingerprint density at radius 3 is 2.57 bits per heavy atom. The van der Waals surface area contributed by atoms with E-state index in [1.54, 1.807) is 24.3 Å². The summed E-state index contributed by atoms with van der Waals surface area (Å²) in [6.07, 6.45) is 7.72. The number of piperidine rings is 3. The molecule has 0 saturated carbocycles. The molecule has 4 aliphatic rings. The van der Waals surface area contributed by atoms with Crippen LogP contribution in [0, 0.1) is 23.2 Å². The summed E-state index contributed by atoms with van der Waals surface area (Å²) in [6, 6.07) is 9.31. The summed E-state index contributed by atoms with van der Waals surface area (Å²) >= 11 is 0. The summed E-state index contributed by atoms with van der Waals surface area (Å²) in [6.45, 7) is 8.62. The van der Waals surface area contributed by atoms with E-state index in [1.165, 1.54) is 25.9 Å². The highest BCUT2D eigenvalue weighted by Gasteiger charge is 2.51. The summed E-state index contributed by atoms with van der Waals surface area (Å²) in [5, 5.41) is 9.36. The largest absolute Gasteiger partial charge is 0.304 e. The van der Waals surface area contributed by atoms with E-state index in [0.29, 0.717) is 30.0 Å². The molecule has 4 saturated heterocycles. The first-order valence-corrected chi connectivity index (χ1v) is 15.1. The lowest BCUT2D eigenvalue weighted by Crippen LogP contribution is -2.65. The lowest BCUT2D eigenvalue weighted by Gasteiger charge is -2.57. The molecule has 192 valence electrons. The smallest absolute Gasteiger partial charge is 0.243 e. The molecule has 5 rings (SSSR count). The molecule has 7 nitrogen and oxygen atoms in total. The number of hydrogen-bond donors (Lipinski definition) is 0. The molecule has 4 fully saturated rings. The third kappa shape index (κ3) is 5.30. The lowest BCUT2D eigenvalue weighted by molar-refractivity contribution is -0.0525. The van der Waals surface area contributed by atoms with E-state index in [4.69, 9.17) is 0 Å². The van der Waals surface area contributed by atoms with Gasteiger partial charge < -0.3 is 9.80 Å². The Kier molecular flexibility index (Phi) is 7.81. The van der Waals surface area contributed by atoms with Gasteiger partial charge in [0.2, 0.25) is 10.0 Å². The molecule has 8 heteroatoms. The molecule has 0 amide bonds. The van der Waals surface area contributed by atoms with Crippen LogP contribution in [0.1, 0.15) is 50.5 Å². The second kappa shape index (κ2) is 10.9.